The van der Waals surface area contributed by atoms with Crippen LogP contribution in [0.2, 0.25) is 0 Å². The van der Waals surface area contributed by atoms with E-state index in [1.54, 1.807) is 0 Å². The van der Waals surface area contributed by atoms with Gasteiger partial charge in [-0.15, -0.1) is 0 Å². The highest BCUT2D eigenvalue weighted by Gasteiger charge is 2.50. The Bertz CT molecular complexity index is 3490. The molecule has 7 aromatic rings. The van der Waals surface area contributed by atoms with Crippen LogP contribution in [0.4, 0.5) is 34.3 Å². The number of hydrogen-bond donors (Lipinski definition) is 0. The van der Waals surface area contributed by atoms with Gasteiger partial charge >= 0.3 is 0 Å². The summed E-state index contributed by atoms with van der Waals surface area (Å²) in [5, 5.41) is 1.25. The normalized spacial score (nSPS) is 20.5. The third-order valence-corrected chi connectivity index (χ3v) is 21.2. The minimum absolute atomic E-state index is 0.0186. The molecule has 0 spiro atoms. The summed E-state index contributed by atoms with van der Waals surface area (Å²) in [5.41, 5.74) is 24.2. The number of furan rings is 1. The maximum atomic E-state index is 7.79. The summed E-state index contributed by atoms with van der Waals surface area (Å²) in [5.74, 6) is 0.956. The van der Waals surface area contributed by atoms with Gasteiger partial charge in [-0.05, 0) is 210 Å². The molecule has 3 aliphatic carbocycles. The van der Waals surface area contributed by atoms with Gasteiger partial charge in [0.15, 0.2) is 0 Å². The Morgan fingerprint density at radius 2 is 0.986 bits per heavy atom. The van der Waals surface area contributed by atoms with Crippen molar-refractivity contribution in [1.29, 1.82) is 0 Å². The Morgan fingerprint density at radius 3 is 1.55 bits per heavy atom. The largest absolute Gasteiger partial charge is 0.440 e. The third-order valence-electron chi connectivity index (χ3n) is 19.6. The van der Waals surface area contributed by atoms with Crippen molar-refractivity contribution in [3.63, 3.8) is 0 Å². The Labute approximate surface area is 447 Å². The van der Waals surface area contributed by atoms with Gasteiger partial charge in [0.05, 0.1) is 5.69 Å². The van der Waals surface area contributed by atoms with Crippen LogP contribution in [0.25, 0.3) is 22.1 Å². The van der Waals surface area contributed by atoms with Crippen LogP contribution >= 0.6 is 10.0 Å². The van der Waals surface area contributed by atoms with Crippen molar-refractivity contribution in [1.82, 2.24) is 0 Å². The van der Waals surface area contributed by atoms with E-state index in [1.807, 2.05) is 0 Å². The van der Waals surface area contributed by atoms with Crippen molar-refractivity contribution in [3.8, 4) is 11.1 Å². The average Bonchev–Trinajstić information content (AvgIpc) is 3.70. The van der Waals surface area contributed by atoms with Gasteiger partial charge in [-0.3, -0.25) is 4.90 Å². The molecule has 0 radical (unpaired) electrons. The van der Waals surface area contributed by atoms with Crippen LogP contribution in [0.5, 0.6) is 0 Å². The molecule has 3 heterocycles. The fourth-order valence-electron chi connectivity index (χ4n) is 14.2. The SMILES string of the molecule is CC(C)(C)c1ccc(N2c3cc(S(C)(C)C)cc4c3B(c3cc5c(cc3N4c3ccc4c(c3)C(C)(C)CCC4(C)C)C(C)(C)CCC5(C)C)c3c2oc2cc4c(cc32)C(C)(C)CCC4(C)C)c(-c2ccccc2)c1. The second-order valence-electron chi connectivity index (χ2n) is 29.4. The highest BCUT2D eigenvalue weighted by Crippen LogP contribution is 2.57. The molecule has 0 unspecified atom stereocenters. The van der Waals surface area contributed by atoms with E-state index in [9.17, 15) is 0 Å². The zero-order valence-corrected chi connectivity index (χ0v) is 49.2. The zero-order chi connectivity index (χ0) is 52.8. The molecule has 0 fully saturated rings. The molecule has 1 aromatic heterocycles. The van der Waals surface area contributed by atoms with Crippen molar-refractivity contribution in [3.05, 3.63) is 142 Å². The molecule has 0 saturated heterocycles. The molecule has 0 N–H and O–H groups in total. The fraction of sp³-hybridized carbons (Fsp3) is 0.449. The van der Waals surface area contributed by atoms with Crippen LogP contribution < -0.4 is 26.2 Å². The van der Waals surface area contributed by atoms with Crippen LogP contribution in [0.3, 0.4) is 0 Å². The fourth-order valence-corrected chi connectivity index (χ4v) is 15.2. The standard InChI is InChI=1S/C69H83BN2OS/c1-63(2,3)43-24-27-55(46(34-43)42-22-20-19-21-23-42)72-58-37-45(74(16,17)18)36-57-61(58)70(60-47-38-50-53(41-59(47)73-62(60)72)69(14,15)33-30-66(50,8)9)54-39-51-52(68(12,13)32-31-67(51,10)11)40-56(54)71(57)44-25-26-48-49(35-44)65(6,7)29-28-64(48,4)5/h19-27,34-41H,28-33H2,1-18H3. The molecule has 0 atom stereocenters. The molecule has 5 heteroatoms. The summed E-state index contributed by atoms with van der Waals surface area (Å²) in [6, 6.07) is 41.7. The van der Waals surface area contributed by atoms with Gasteiger partial charge in [0.2, 0.25) is 5.88 Å². The van der Waals surface area contributed by atoms with Crippen LogP contribution in [0.1, 0.15) is 181 Å². The van der Waals surface area contributed by atoms with E-state index in [4.69, 9.17) is 4.42 Å². The number of fused-ring (bicyclic) bond motifs is 9. The highest BCUT2D eigenvalue weighted by molar-refractivity contribution is 8.32. The average molecular weight is 999 g/mol. The molecule has 0 bridgehead atoms. The molecule has 5 aliphatic rings. The number of benzene rings is 6. The molecule has 2 aliphatic heterocycles. The minimum Gasteiger partial charge on any atom is -0.440 e. The number of anilines is 6. The molecule has 74 heavy (non-hydrogen) atoms. The first-order valence-electron chi connectivity index (χ1n) is 28.0. The highest BCUT2D eigenvalue weighted by atomic mass is 32.3. The van der Waals surface area contributed by atoms with E-state index in [2.05, 4.69) is 236 Å². The van der Waals surface area contributed by atoms with Gasteiger partial charge in [-0.25, -0.2) is 10.0 Å². The Kier molecular flexibility index (Phi) is 10.6. The van der Waals surface area contributed by atoms with E-state index in [0.29, 0.717) is 0 Å². The Balaban J connectivity index is 1.27. The summed E-state index contributed by atoms with van der Waals surface area (Å²) < 4.78 is 7.79. The monoisotopic (exact) mass is 999 g/mol. The van der Waals surface area contributed by atoms with Crippen molar-refractivity contribution in [2.75, 3.05) is 28.6 Å². The van der Waals surface area contributed by atoms with Gasteiger partial charge in [-0.2, -0.15) is 0 Å². The van der Waals surface area contributed by atoms with E-state index in [0.717, 1.165) is 42.8 Å². The van der Waals surface area contributed by atoms with E-state index in [1.165, 1.54) is 112 Å². The molecule has 384 valence electrons. The summed E-state index contributed by atoms with van der Waals surface area (Å²) >= 11 is 0. The first-order valence-corrected chi connectivity index (χ1v) is 30.9. The molecule has 6 aromatic carbocycles. The van der Waals surface area contributed by atoms with Crippen LogP contribution in [-0.2, 0) is 37.9 Å². The third kappa shape index (κ3) is 7.41. The lowest BCUT2D eigenvalue weighted by Gasteiger charge is -2.48. The predicted octanol–water partition coefficient (Wildman–Crippen LogP) is 17.6. The second-order valence-corrected chi connectivity index (χ2v) is 33.5. The number of nitrogens with zero attached hydrogens (tertiary/aromatic N) is 2. The van der Waals surface area contributed by atoms with E-state index < -0.39 is 10.0 Å². The van der Waals surface area contributed by atoms with Crippen molar-refractivity contribution in [2.45, 2.75) is 185 Å². The molecule has 0 amide bonds. The summed E-state index contributed by atoms with van der Waals surface area (Å²) in [7, 11) is -1.26. The Morgan fingerprint density at radius 1 is 0.473 bits per heavy atom. The van der Waals surface area contributed by atoms with Crippen molar-refractivity contribution >= 4 is 78.4 Å². The van der Waals surface area contributed by atoms with Crippen molar-refractivity contribution < 1.29 is 4.42 Å². The molecular weight excluding hydrogens is 916 g/mol. The predicted molar refractivity (Wildman–Crippen MR) is 324 cm³/mol. The Hall–Kier alpha value is -5.13. The molecule has 12 rings (SSSR count). The zero-order valence-electron chi connectivity index (χ0n) is 48.3. The van der Waals surface area contributed by atoms with Gasteiger partial charge < -0.3 is 9.32 Å². The van der Waals surface area contributed by atoms with Gasteiger partial charge in [0, 0.05) is 39.2 Å². The van der Waals surface area contributed by atoms with E-state index >= 15 is 0 Å². The topological polar surface area (TPSA) is 19.6 Å². The number of hydrogen-bond acceptors (Lipinski definition) is 3. The van der Waals surface area contributed by atoms with Crippen LogP contribution in [0, 0.1) is 0 Å². The smallest absolute Gasteiger partial charge is 0.257 e. The van der Waals surface area contributed by atoms with Gasteiger partial charge in [0.25, 0.3) is 6.71 Å². The lowest BCUT2D eigenvalue weighted by atomic mass is 9.33. The van der Waals surface area contributed by atoms with Gasteiger partial charge in [0.1, 0.15) is 5.58 Å². The molecular formula is C69H83BN2OS. The first kappa shape index (κ1) is 49.7. The first-order chi connectivity index (χ1) is 34.4. The molecule has 0 saturated carbocycles. The molecule has 3 nitrogen and oxygen atoms in total. The minimum atomic E-state index is -1.26. The lowest BCUT2D eigenvalue weighted by molar-refractivity contribution is 0.332. The summed E-state index contributed by atoms with van der Waals surface area (Å²) in [6.45, 7) is 36.7. The second kappa shape index (κ2) is 15.7. The van der Waals surface area contributed by atoms with Crippen LogP contribution in [0.15, 0.2) is 112 Å². The quantitative estimate of drug-likeness (QED) is 0.164. The summed E-state index contributed by atoms with van der Waals surface area (Å²) in [6.07, 6.45) is 14.4. The maximum Gasteiger partial charge on any atom is 0.257 e. The van der Waals surface area contributed by atoms with Crippen molar-refractivity contribution in [2.24, 2.45) is 0 Å². The summed E-state index contributed by atoms with van der Waals surface area (Å²) in [4.78, 5) is 6.74. The lowest BCUT2D eigenvalue weighted by Crippen LogP contribution is -2.61. The van der Waals surface area contributed by atoms with E-state index in [-0.39, 0.29) is 44.6 Å². The van der Waals surface area contributed by atoms with Crippen LogP contribution in [-0.4, -0.2) is 25.5 Å². The maximum absolute atomic E-state index is 7.79. The number of rotatable bonds is 4. The van der Waals surface area contributed by atoms with Gasteiger partial charge in [-0.1, -0.05) is 152 Å².